The minimum atomic E-state index is 0.890. The third kappa shape index (κ3) is 3.43. The van der Waals surface area contributed by atoms with Gasteiger partial charge < -0.3 is 5.32 Å². The van der Waals surface area contributed by atoms with Crippen molar-refractivity contribution in [3.8, 4) is 12.3 Å². The van der Waals surface area contributed by atoms with Crippen LogP contribution in [0, 0.1) is 18.3 Å². The van der Waals surface area contributed by atoms with Gasteiger partial charge in [0.1, 0.15) is 0 Å². The Morgan fingerprint density at radius 3 is 3.09 bits per heavy atom. The van der Waals surface area contributed by atoms with Crippen LogP contribution in [0.4, 0.5) is 0 Å². The van der Waals surface area contributed by atoms with E-state index in [1.807, 2.05) is 0 Å². The standard InChI is InChI=1S/C10H17N/c1-2-3-5-10-6-4-8-11-9-7-10/h1,10-11H,3-9H2. The van der Waals surface area contributed by atoms with Crippen molar-refractivity contribution in [3.05, 3.63) is 0 Å². The Hall–Kier alpha value is -0.480. The highest BCUT2D eigenvalue weighted by Crippen LogP contribution is 2.18. The molecule has 1 aliphatic rings. The van der Waals surface area contributed by atoms with E-state index in [1.54, 1.807) is 0 Å². The Bertz CT molecular complexity index is 126. The molecule has 0 radical (unpaired) electrons. The summed E-state index contributed by atoms with van der Waals surface area (Å²) in [6.07, 6.45) is 11.4. The highest BCUT2D eigenvalue weighted by atomic mass is 14.8. The number of hydrogen-bond donors (Lipinski definition) is 1. The van der Waals surface area contributed by atoms with Gasteiger partial charge in [-0.1, -0.05) is 0 Å². The Balaban J connectivity index is 2.15. The second-order valence-electron chi connectivity index (χ2n) is 3.29. The minimum Gasteiger partial charge on any atom is -0.317 e. The predicted molar refractivity (Wildman–Crippen MR) is 48.3 cm³/mol. The molecule has 0 aromatic heterocycles. The molecule has 1 heterocycles. The van der Waals surface area contributed by atoms with Gasteiger partial charge in [-0.05, 0) is 44.7 Å². The van der Waals surface area contributed by atoms with E-state index in [1.165, 1.54) is 38.8 Å². The molecule has 1 N–H and O–H groups in total. The summed E-state index contributed by atoms with van der Waals surface area (Å²) < 4.78 is 0. The summed E-state index contributed by atoms with van der Waals surface area (Å²) in [5, 5.41) is 3.40. The summed E-state index contributed by atoms with van der Waals surface area (Å²) in [6, 6.07) is 0. The lowest BCUT2D eigenvalue weighted by atomic mass is 9.96. The second kappa shape index (κ2) is 5.21. The van der Waals surface area contributed by atoms with Gasteiger partial charge in [0, 0.05) is 6.42 Å². The van der Waals surface area contributed by atoms with Crippen molar-refractivity contribution in [2.24, 2.45) is 5.92 Å². The molecule has 1 rings (SSSR count). The molecule has 11 heavy (non-hydrogen) atoms. The van der Waals surface area contributed by atoms with E-state index >= 15 is 0 Å². The molecule has 1 saturated heterocycles. The van der Waals surface area contributed by atoms with Crippen LogP contribution in [0.5, 0.6) is 0 Å². The first-order valence-electron chi connectivity index (χ1n) is 4.57. The maximum atomic E-state index is 5.22. The van der Waals surface area contributed by atoms with Gasteiger partial charge in [-0.15, -0.1) is 12.3 Å². The maximum absolute atomic E-state index is 5.22. The summed E-state index contributed by atoms with van der Waals surface area (Å²) in [4.78, 5) is 0. The highest BCUT2D eigenvalue weighted by molar-refractivity contribution is 4.84. The molecule has 0 aromatic rings. The van der Waals surface area contributed by atoms with Gasteiger partial charge in [0.05, 0.1) is 0 Å². The number of nitrogens with one attached hydrogen (secondary N) is 1. The minimum absolute atomic E-state index is 0.890. The number of terminal acetylenes is 1. The monoisotopic (exact) mass is 151 g/mol. The molecular weight excluding hydrogens is 134 g/mol. The third-order valence-corrected chi connectivity index (χ3v) is 2.39. The molecule has 1 nitrogen and oxygen atoms in total. The Morgan fingerprint density at radius 2 is 2.27 bits per heavy atom. The van der Waals surface area contributed by atoms with E-state index in [9.17, 15) is 0 Å². The average Bonchev–Trinajstić information content (AvgIpc) is 2.28. The maximum Gasteiger partial charge on any atom is 0.00887 e. The summed E-state index contributed by atoms with van der Waals surface area (Å²) in [5.41, 5.74) is 0. The lowest BCUT2D eigenvalue weighted by Crippen LogP contribution is -2.14. The van der Waals surface area contributed by atoms with Crippen molar-refractivity contribution >= 4 is 0 Å². The van der Waals surface area contributed by atoms with Crippen LogP contribution in [0.15, 0.2) is 0 Å². The van der Waals surface area contributed by atoms with Crippen molar-refractivity contribution < 1.29 is 0 Å². The molecule has 1 fully saturated rings. The first kappa shape index (κ1) is 8.62. The summed E-state index contributed by atoms with van der Waals surface area (Å²) in [6.45, 7) is 2.39. The summed E-state index contributed by atoms with van der Waals surface area (Å²) >= 11 is 0. The van der Waals surface area contributed by atoms with Gasteiger partial charge >= 0.3 is 0 Å². The normalized spacial score (nSPS) is 25.5. The van der Waals surface area contributed by atoms with Crippen LogP contribution in [0.1, 0.15) is 32.1 Å². The number of rotatable bonds is 2. The molecular formula is C10H17N. The lowest BCUT2D eigenvalue weighted by Gasteiger charge is -2.10. The van der Waals surface area contributed by atoms with Gasteiger partial charge in [0.15, 0.2) is 0 Å². The molecule has 1 atom stereocenters. The predicted octanol–water partition coefficient (Wildman–Crippen LogP) is 1.79. The van der Waals surface area contributed by atoms with Crippen molar-refractivity contribution in [1.29, 1.82) is 0 Å². The van der Waals surface area contributed by atoms with E-state index < -0.39 is 0 Å². The smallest absolute Gasteiger partial charge is 0.00887 e. The van der Waals surface area contributed by atoms with Crippen molar-refractivity contribution in [3.63, 3.8) is 0 Å². The van der Waals surface area contributed by atoms with Crippen LogP contribution in [0.25, 0.3) is 0 Å². The van der Waals surface area contributed by atoms with Crippen molar-refractivity contribution in [2.45, 2.75) is 32.1 Å². The van der Waals surface area contributed by atoms with E-state index in [0.29, 0.717) is 0 Å². The second-order valence-corrected chi connectivity index (χ2v) is 3.29. The van der Waals surface area contributed by atoms with Crippen LogP contribution in [0.3, 0.4) is 0 Å². The van der Waals surface area contributed by atoms with Gasteiger partial charge in [0.2, 0.25) is 0 Å². The van der Waals surface area contributed by atoms with Crippen LogP contribution >= 0.6 is 0 Å². The van der Waals surface area contributed by atoms with Gasteiger partial charge in [-0.2, -0.15) is 0 Å². The molecule has 1 heteroatoms. The van der Waals surface area contributed by atoms with Gasteiger partial charge in [-0.3, -0.25) is 0 Å². The fourth-order valence-electron chi connectivity index (χ4n) is 1.67. The fourth-order valence-corrected chi connectivity index (χ4v) is 1.67. The Morgan fingerprint density at radius 1 is 1.36 bits per heavy atom. The molecule has 0 saturated carbocycles. The van der Waals surface area contributed by atoms with E-state index in [2.05, 4.69) is 11.2 Å². The first-order chi connectivity index (χ1) is 5.43. The summed E-state index contributed by atoms with van der Waals surface area (Å²) in [7, 11) is 0. The molecule has 0 bridgehead atoms. The van der Waals surface area contributed by atoms with Crippen LogP contribution < -0.4 is 5.32 Å². The third-order valence-electron chi connectivity index (χ3n) is 2.39. The molecule has 62 valence electrons. The topological polar surface area (TPSA) is 12.0 Å². The quantitative estimate of drug-likeness (QED) is 0.593. The van der Waals surface area contributed by atoms with Gasteiger partial charge in [0.25, 0.3) is 0 Å². The SMILES string of the molecule is C#CCCC1CCCNCC1. The van der Waals surface area contributed by atoms with Crippen LogP contribution in [0.2, 0.25) is 0 Å². The highest BCUT2D eigenvalue weighted by Gasteiger charge is 2.10. The fraction of sp³-hybridized carbons (Fsp3) is 0.800. The lowest BCUT2D eigenvalue weighted by molar-refractivity contribution is 0.445. The first-order valence-corrected chi connectivity index (χ1v) is 4.57. The van der Waals surface area contributed by atoms with E-state index in [0.717, 1.165) is 12.3 Å². The zero-order valence-electron chi connectivity index (χ0n) is 7.10. The Labute approximate surface area is 69.6 Å². The largest absolute Gasteiger partial charge is 0.317 e. The number of hydrogen-bond acceptors (Lipinski definition) is 1. The van der Waals surface area contributed by atoms with Crippen LogP contribution in [-0.4, -0.2) is 13.1 Å². The molecule has 0 amide bonds. The van der Waals surface area contributed by atoms with E-state index in [-0.39, 0.29) is 0 Å². The van der Waals surface area contributed by atoms with Gasteiger partial charge in [-0.25, -0.2) is 0 Å². The van der Waals surface area contributed by atoms with Crippen molar-refractivity contribution in [2.75, 3.05) is 13.1 Å². The Kier molecular flexibility index (Phi) is 4.08. The van der Waals surface area contributed by atoms with Crippen LogP contribution in [-0.2, 0) is 0 Å². The van der Waals surface area contributed by atoms with E-state index in [4.69, 9.17) is 6.42 Å². The molecule has 0 aromatic carbocycles. The molecule has 0 spiro atoms. The molecule has 1 aliphatic heterocycles. The summed E-state index contributed by atoms with van der Waals surface area (Å²) in [5.74, 6) is 3.60. The van der Waals surface area contributed by atoms with Crippen molar-refractivity contribution in [1.82, 2.24) is 5.32 Å². The average molecular weight is 151 g/mol. The zero-order valence-corrected chi connectivity index (χ0v) is 7.10. The zero-order chi connectivity index (χ0) is 7.94. The molecule has 0 aliphatic carbocycles. The molecule has 1 unspecified atom stereocenters.